The van der Waals surface area contributed by atoms with E-state index in [0.717, 1.165) is 23.2 Å². The monoisotopic (exact) mass is 442 g/mol. The highest BCUT2D eigenvalue weighted by molar-refractivity contribution is 7.99. The molecule has 0 aliphatic heterocycles. The standard InChI is InChI=1S/C22H26N4O4S/c1-5-6-16-8-10-20(21(12-16)29-4)30-13-17(27)14-31-22-23-24-25-26(22)18-11-15(2)7-9-19(18)28-3/h5,7-12,17,27H,1,6,13-14H2,2-4H3. The van der Waals surface area contributed by atoms with Gasteiger partial charge in [-0.1, -0.05) is 30.0 Å². The Bertz CT molecular complexity index is 1020. The number of allylic oxidation sites excluding steroid dienone is 1. The zero-order valence-electron chi connectivity index (χ0n) is 17.8. The van der Waals surface area contributed by atoms with Crippen LogP contribution in [0.1, 0.15) is 11.1 Å². The molecule has 9 heteroatoms. The van der Waals surface area contributed by atoms with Gasteiger partial charge in [0.25, 0.3) is 0 Å². The molecule has 1 aromatic heterocycles. The molecule has 164 valence electrons. The molecule has 3 rings (SSSR count). The van der Waals surface area contributed by atoms with Crippen LogP contribution < -0.4 is 14.2 Å². The lowest BCUT2D eigenvalue weighted by molar-refractivity contribution is 0.124. The number of hydrogen-bond acceptors (Lipinski definition) is 8. The lowest BCUT2D eigenvalue weighted by Crippen LogP contribution is -2.20. The number of tetrazole rings is 1. The molecule has 0 amide bonds. The Hall–Kier alpha value is -3.04. The molecule has 8 nitrogen and oxygen atoms in total. The average molecular weight is 443 g/mol. The minimum Gasteiger partial charge on any atom is -0.494 e. The summed E-state index contributed by atoms with van der Waals surface area (Å²) in [7, 11) is 3.19. The maximum Gasteiger partial charge on any atom is 0.214 e. The number of aryl methyl sites for hydroxylation is 1. The molecular weight excluding hydrogens is 416 g/mol. The van der Waals surface area contributed by atoms with Crippen molar-refractivity contribution in [2.75, 3.05) is 26.6 Å². The average Bonchev–Trinajstić information content (AvgIpc) is 3.25. The van der Waals surface area contributed by atoms with Crippen molar-refractivity contribution in [3.8, 4) is 22.9 Å². The van der Waals surface area contributed by atoms with Crippen molar-refractivity contribution in [2.24, 2.45) is 0 Å². The van der Waals surface area contributed by atoms with Crippen LogP contribution in [0.5, 0.6) is 17.2 Å². The molecule has 0 saturated heterocycles. The van der Waals surface area contributed by atoms with E-state index in [2.05, 4.69) is 22.1 Å². The topological polar surface area (TPSA) is 91.5 Å². The molecule has 0 bridgehead atoms. The van der Waals surface area contributed by atoms with Gasteiger partial charge < -0.3 is 19.3 Å². The predicted octanol–water partition coefficient (Wildman–Crippen LogP) is 3.25. The molecule has 0 saturated carbocycles. The Balaban J connectivity index is 1.62. The molecule has 0 aliphatic rings. The summed E-state index contributed by atoms with van der Waals surface area (Å²) in [4.78, 5) is 0. The van der Waals surface area contributed by atoms with E-state index in [1.165, 1.54) is 11.8 Å². The van der Waals surface area contributed by atoms with E-state index < -0.39 is 6.10 Å². The number of benzene rings is 2. The first kappa shape index (κ1) is 22.6. The van der Waals surface area contributed by atoms with Crippen molar-refractivity contribution >= 4 is 11.8 Å². The van der Waals surface area contributed by atoms with Crippen LogP contribution in [0.2, 0.25) is 0 Å². The third-order valence-electron chi connectivity index (χ3n) is 4.45. The Kier molecular flexibility index (Phi) is 7.91. The minimum absolute atomic E-state index is 0.111. The highest BCUT2D eigenvalue weighted by atomic mass is 32.2. The lowest BCUT2D eigenvalue weighted by Gasteiger charge is -2.15. The number of thioether (sulfide) groups is 1. The molecule has 3 aromatic rings. The summed E-state index contributed by atoms with van der Waals surface area (Å²) >= 11 is 1.33. The third-order valence-corrected chi connectivity index (χ3v) is 5.51. The van der Waals surface area contributed by atoms with E-state index in [9.17, 15) is 5.11 Å². The quantitative estimate of drug-likeness (QED) is 0.357. The Labute approximate surface area is 185 Å². The molecule has 0 fully saturated rings. The number of aromatic nitrogens is 4. The maximum absolute atomic E-state index is 10.4. The van der Waals surface area contributed by atoms with Gasteiger partial charge in [-0.3, -0.25) is 0 Å². The molecular formula is C22H26N4O4S. The molecule has 31 heavy (non-hydrogen) atoms. The maximum atomic E-state index is 10.4. The fraction of sp³-hybridized carbons (Fsp3) is 0.318. The number of hydrogen-bond donors (Lipinski definition) is 1. The fourth-order valence-corrected chi connectivity index (χ4v) is 3.70. The normalized spacial score (nSPS) is 11.7. The summed E-state index contributed by atoms with van der Waals surface area (Å²) in [6.45, 7) is 5.84. The van der Waals surface area contributed by atoms with E-state index in [1.54, 1.807) is 18.9 Å². The molecule has 1 atom stereocenters. The van der Waals surface area contributed by atoms with E-state index in [-0.39, 0.29) is 6.61 Å². The molecule has 0 radical (unpaired) electrons. The van der Waals surface area contributed by atoms with Gasteiger partial charge in [-0.25, -0.2) is 0 Å². The molecule has 1 heterocycles. The zero-order chi connectivity index (χ0) is 22.2. The molecule has 1 N–H and O–H groups in total. The second-order valence-electron chi connectivity index (χ2n) is 6.80. The van der Waals surface area contributed by atoms with Gasteiger partial charge in [-0.2, -0.15) is 4.68 Å². The minimum atomic E-state index is -0.730. The van der Waals surface area contributed by atoms with Gasteiger partial charge in [-0.05, 0) is 59.2 Å². The van der Waals surface area contributed by atoms with Crippen LogP contribution in [-0.4, -0.2) is 58.0 Å². The Morgan fingerprint density at radius 2 is 1.90 bits per heavy atom. The van der Waals surface area contributed by atoms with Gasteiger partial charge in [0.1, 0.15) is 18.0 Å². The van der Waals surface area contributed by atoms with Gasteiger partial charge in [0, 0.05) is 5.75 Å². The summed E-state index contributed by atoms with van der Waals surface area (Å²) in [6.07, 6.45) is 1.85. The van der Waals surface area contributed by atoms with Gasteiger partial charge in [0.2, 0.25) is 5.16 Å². The highest BCUT2D eigenvalue weighted by Crippen LogP contribution is 2.29. The first-order chi connectivity index (χ1) is 15.0. The van der Waals surface area contributed by atoms with Crippen LogP contribution in [0.3, 0.4) is 0 Å². The van der Waals surface area contributed by atoms with Crippen LogP contribution in [0.25, 0.3) is 5.69 Å². The van der Waals surface area contributed by atoms with Crippen molar-refractivity contribution in [2.45, 2.75) is 24.6 Å². The zero-order valence-corrected chi connectivity index (χ0v) is 18.6. The third kappa shape index (κ3) is 5.77. The van der Waals surface area contributed by atoms with Gasteiger partial charge in [0.15, 0.2) is 11.5 Å². The van der Waals surface area contributed by atoms with Crippen molar-refractivity contribution < 1.29 is 19.3 Å². The second kappa shape index (κ2) is 10.8. The van der Waals surface area contributed by atoms with E-state index in [1.807, 2.05) is 49.4 Å². The molecule has 2 aromatic carbocycles. The van der Waals surface area contributed by atoms with Crippen molar-refractivity contribution in [3.63, 3.8) is 0 Å². The van der Waals surface area contributed by atoms with E-state index in [0.29, 0.717) is 28.2 Å². The van der Waals surface area contributed by atoms with Crippen LogP contribution in [-0.2, 0) is 6.42 Å². The largest absolute Gasteiger partial charge is 0.494 e. The summed E-state index contributed by atoms with van der Waals surface area (Å²) in [5, 5.41) is 22.9. The summed E-state index contributed by atoms with van der Waals surface area (Å²) in [5.74, 6) is 2.21. The van der Waals surface area contributed by atoms with E-state index >= 15 is 0 Å². The second-order valence-corrected chi connectivity index (χ2v) is 7.79. The lowest BCUT2D eigenvalue weighted by atomic mass is 10.1. The summed E-state index contributed by atoms with van der Waals surface area (Å²) in [6, 6.07) is 11.5. The first-order valence-corrected chi connectivity index (χ1v) is 10.7. The number of ether oxygens (including phenoxy) is 3. The van der Waals surface area contributed by atoms with Crippen molar-refractivity contribution in [1.29, 1.82) is 0 Å². The smallest absolute Gasteiger partial charge is 0.214 e. The predicted molar refractivity (Wildman–Crippen MR) is 120 cm³/mol. The van der Waals surface area contributed by atoms with Crippen LogP contribution in [0.4, 0.5) is 0 Å². The Morgan fingerprint density at radius 1 is 1.13 bits per heavy atom. The number of nitrogens with zero attached hydrogens (tertiary/aromatic N) is 4. The van der Waals surface area contributed by atoms with Crippen molar-refractivity contribution in [3.05, 3.63) is 60.2 Å². The van der Waals surface area contributed by atoms with Crippen LogP contribution in [0.15, 0.2) is 54.2 Å². The fourth-order valence-electron chi connectivity index (χ4n) is 2.92. The van der Waals surface area contributed by atoms with Crippen LogP contribution >= 0.6 is 11.8 Å². The molecule has 0 aliphatic carbocycles. The van der Waals surface area contributed by atoms with Gasteiger partial charge in [0.05, 0.1) is 20.3 Å². The van der Waals surface area contributed by atoms with Crippen LogP contribution in [0, 0.1) is 6.92 Å². The first-order valence-electron chi connectivity index (χ1n) is 9.70. The number of aliphatic hydroxyl groups is 1. The summed E-state index contributed by atoms with van der Waals surface area (Å²) in [5.41, 5.74) is 2.88. The SMILES string of the molecule is C=CCc1ccc(OCC(O)CSc2nnnn2-c2cc(C)ccc2OC)c(OC)c1. The highest BCUT2D eigenvalue weighted by Gasteiger charge is 2.16. The number of methoxy groups -OCH3 is 2. The van der Waals surface area contributed by atoms with Crippen molar-refractivity contribution in [1.82, 2.24) is 20.2 Å². The summed E-state index contributed by atoms with van der Waals surface area (Å²) < 4.78 is 18.2. The number of rotatable bonds is 11. The molecule has 0 spiro atoms. The number of aliphatic hydroxyl groups excluding tert-OH is 1. The molecule has 1 unspecified atom stereocenters. The van der Waals surface area contributed by atoms with Gasteiger partial charge in [-0.15, -0.1) is 11.7 Å². The van der Waals surface area contributed by atoms with E-state index in [4.69, 9.17) is 14.2 Å². The Morgan fingerprint density at radius 3 is 2.65 bits per heavy atom. The van der Waals surface area contributed by atoms with Gasteiger partial charge >= 0.3 is 0 Å².